The number of cyclic esters (lactones) is 1. The van der Waals surface area contributed by atoms with Crippen LogP contribution in [-0.4, -0.2) is 19.0 Å². The second-order valence-electron chi connectivity index (χ2n) is 6.76. The highest BCUT2D eigenvalue weighted by molar-refractivity contribution is 14.1. The van der Waals surface area contributed by atoms with Gasteiger partial charge < -0.3 is 14.2 Å². The van der Waals surface area contributed by atoms with E-state index < -0.39 is 5.97 Å². The van der Waals surface area contributed by atoms with E-state index >= 15 is 0 Å². The monoisotopic (exact) mass is 563 g/mol. The van der Waals surface area contributed by atoms with E-state index in [4.69, 9.17) is 25.8 Å². The van der Waals surface area contributed by atoms with Gasteiger partial charge in [0.15, 0.2) is 17.2 Å². The number of hydrogen-bond donors (Lipinski definition) is 0. The van der Waals surface area contributed by atoms with Gasteiger partial charge in [0.2, 0.25) is 5.90 Å². The van der Waals surface area contributed by atoms with Crippen molar-refractivity contribution in [3.05, 3.63) is 97.5 Å². The standard InChI is InChI=1S/C24H16ClFINO4/c1-30-21-12-14(10-18(25)22(21)31-13-16-4-2-3-5-19(16)26)11-20-24(29)32-23(28-20)15-6-8-17(27)9-7-15/h2-12H,13H2,1H3/b20-11-. The van der Waals surface area contributed by atoms with Gasteiger partial charge in [-0.3, -0.25) is 0 Å². The lowest BCUT2D eigenvalue weighted by Crippen LogP contribution is -2.05. The Bertz CT molecular complexity index is 1240. The maximum Gasteiger partial charge on any atom is 0.363 e. The average Bonchev–Trinajstić information content (AvgIpc) is 3.14. The van der Waals surface area contributed by atoms with Gasteiger partial charge >= 0.3 is 5.97 Å². The maximum atomic E-state index is 13.9. The fourth-order valence-corrected chi connectivity index (χ4v) is 3.64. The predicted octanol–water partition coefficient (Wildman–Crippen LogP) is 6.02. The van der Waals surface area contributed by atoms with E-state index in [1.54, 1.807) is 36.4 Å². The van der Waals surface area contributed by atoms with Crippen LogP contribution >= 0.6 is 34.2 Å². The molecule has 0 saturated heterocycles. The van der Waals surface area contributed by atoms with Crippen LogP contribution in [0.3, 0.4) is 0 Å². The van der Waals surface area contributed by atoms with Crippen molar-refractivity contribution in [1.29, 1.82) is 0 Å². The SMILES string of the molecule is COc1cc(/C=C2\N=C(c3ccc(I)cc3)OC2=O)cc(Cl)c1OCc1ccccc1F. The molecular weight excluding hydrogens is 548 g/mol. The third kappa shape index (κ3) is 4.94. The van der Waals surface area contributed by atoms with Crippen molar-refractivity contribution in [3.63, 3.8) is 0 Å². The van der Waals surface area contributed by atoms with Crippen LogP contribution in [0.25, 0.3) is 6.08 Å². The number of carbonyl (C=O) groups is 1. The van der Waals surface area contributed by atoms with Crippen molar-refractivity contribution in [3.8, 4) is 11.5 Å². The summed E-state index contributed by atoms with van der Waals surface area (Å²) in [6, 6.07) is 17.0. The van der Waals surface area contributed by atoms with Crippen LogP contribution < -0.4 is 9.47 Å². The lowest BCUT2D eigenvalue weighted by Gasteiger charge is -2.13. The van der Waals surface area contributed by atoms with Gasteiger partial charge in [-0.1, -0.05) is 29.8 Å². The second-order valence-corrected chi connectivity index (χ2v) is 8.41. The van der Waals surface area contributed by atoms with E-state index in [2.05, 4.69) is 27.6 Å². The largest absolute Gasteiger partial charge is 0.493 e. The number of aliphatic imine (C=N–C) groups is 1. The number of rotatable bonds is 6. The third-order valence-electron chi connectivity index (χ3n) is 4.60. The molecule has 3 aromatic rings. The molecule has 162 valence electrons. The van der Waals surface area contributed by atoms with Crippen LogP contribution in [0, 0.1) is 9.39 Å². The van der Waals surface area contributed by atoms with E-state index in [0.29, 0.717) is 22.4 Å². The van der Waals surface area contributed by atoms with Crippen molar-refractivity contribution in [2.75, 3.05) is 7.11 Å². The Morgan fingerprint density at radius 3 is 2.62 bits per heavy atom. The van der Waals surface area contributed by atoms with Crippen LogP contribution in [0.4, 0.5) is 4.39 Å². The smallest absolute Gasteiger partial charge is 0.363 e. The summed E-state index contributed by atoms with van der Waals surface area (Å²) in [5.41, 5.74) is 1.80. The second kappa shape index (κ2) is 9.70. The van der Waals surface area contributed by atoms with Gasteiger partial charge in [-0.2, -0.15) is 0 Å². The number of hydrogen-bond acceptors (Lipinski definition) is 5. The molecule has 0 N–H and O–H groups in total. The molecular formula is C24H16ClFINO4. The first-order chi connectivity index (χ1) is 15.4. The Labute approximate surface area is 202 Å². The molecule has 0 unspecified atom stereocenters. The highest BCUT2D eigenvalue weighted by Crippen LogP contribution is 2.38. The zero-order chi connectivity index (χ0) is 22.7. The van der Waals surface area contributed by atoms with E-state index in [1.807, 2.05) is 24.3 Å². The molecule has 8 heteroatoms. The Morgan fingerprint density at radius 2 is 1.91 bits per heavy atom. The summed E-state index contributed by atoms with van der Waals surface area (Å²) < 4.78 is 31.3. The van der Waals surface area contributed by atoms with Gasteiger partial charge in [0.25, 0.3) is 0 Å². The molecule has 0 aromatic heterocycles. The Balaban J connectivity index is 1.59. The minimum absolute atomic E-state index is 0.0147. The summed E-state index contributed by atoms with van der Waals surface area (Å²) in [5.74, 6) is -0.0786. The molecule has 4 rings (SSSR count). The fourth-order valence-electron chi connectivity index (χ4n) is 3.01. The summed E-state index contributed by atoms with van der Waals surface area (Å²) in [7, 11) is 1.47. The van der Waals surface area contributed by atoms with Crippen molar-refractivity contribution in [1.82, 2.24) is 0 Å². The zero-order valence-corrected chi connectivity index (χ0v) is 19.7. The molecule has 0 fully saturated rings. The first-order valence-electron chi connectivity index (χ1n) is 9.47. The molecule has 32 heavy (non-hydrogen) atoms. The summed E-state index contributed by atoms with van der Waals surface area (Å²) in [6.07, 6.45) is 1.55. The van der Waals surface area contributed by atoms with E-state index in [9.17, 15) is 9.18 Å². The van der Waals surface area contributed by atoms with Gasteiger partial charge in [0.05, 0.1) is 12.1 Å². The molecule has 3 aromatic carbocycles. The van der Waals surface area contributed by atoms with E-state index in [1.165, 1.54) is 13.2 Å². The third-order valence-corrected chi connectivity index (χ3v) is 5.60. The maximum absolute atomic E-state index is 13.9. The molecule has 0 aliphatic carbocycles. The van der Waals surface area contributed by atoms with Gasteiger partial charge in [-0.25, -0.2) is 14.2 Å². The Morgan fingerprint density at radius 1 is 1.16 bits per heavy atom. The van der Waals surface area contributed by atoms with Gasteiger partial charge in [0, 0.05) is 14.7 Å². The molecule has 0 bridgehead atoms. The average molecular weight is 564 g/mol. The molecule has 5 nitrogen and oxygen atoms in total. The predicted molar refractivity (Wildman–Crippen MR) is 129 cm³/mol. The molecule has 1 aliphatic heterocycles. The molecule has 0 spiro atoms. The zero-order valence-electron chi connectivity index (χ0n) is 16.8. The summed E-state index contributed by atoms with van der Waals surface area (Å²) in [4.78, 5) is 16.6. The fraction of sp³-hybridized carbons (Fsp3) is 0.0833. The van der Waals surface area contributed by atoms with Crippen LogP contribution in [0.1, 0.15) is 16.7 Å². The molecule has 0 amide bonds. The normalized spacial score (nSPS) is 14.3. The summed E-state index contributed by atoms with van der Waals surface area (Å²) in [5, 5.41) is 0.251. The van der Waals surface area contributed by atoms with Gasteiger partial charge in [0.1, 0.15) is 12.4 Å². The molecule has 0 saturated carbocycles. The highest BCUT2D eigenvalue weighted by Gasteiger charge is 2.24. The topological polar surface area (TPSA) is 57.1 Å². The summed E-state index contributed by atoms with van der Waals surface area (Å²) >= 11 is 8.59. The van der Waals surface area contributed by atoms with Crippen LogP contribution in [0.2, 0.25) is 5.02 Å². The van der Waals surface area contributed by atoms with Crippen LogP contribution in [0.5, 0.6) is 11.5 Å². The molecule has 0 radical (unpaired) electrons. The highest BCUT2D eigenvalue weighted by atomic mass is 127. The lowest BCUT2D eigenvalue weighted by atomic mass is 10.1. The molecule has 1 aliphatic rings. The van der Waals surface area contributed by atoms with E-state index in [-0.39, 0.29) is 34.8 Å². The van der Waals surface area contributed by atoms with Gasteiger partial charge in [-0.15, -0.1) is 0 Å². The Kier molecular flexibility index (Phi) is 6.76. The van der Waals surface area contributed by atoms with Gasteiger partial charge in [-0.05, 0) is 76.7 Å². The molecule has 1 heterocycles. The number of carbonyl (C=O) groups excluding carboxylic acids is 1. The number of ether oxygens (including phenoxy) is 3. The van der Waals surface area contributed by atoms with Crippen molar-refractivity contribution < 1.29 is 23.4 Å². The van der Waals surface area contributed by atoms with Crippen LogP contribution in [-0.2, 0) is 16.1 Å². The lowest BCUT2D eigenvalue weighted by molar-refractivity contribution is -0.129. The summed E-state index contributed by atoms with van der Waals surface area (Å²) in [6.45, 7) is -0.0147. The minimum atomic E-state index is -0.562. The number of methoxy groups -OCH3 is 1. The molecule has 0 atom stereocenters. The van der Waals surface area contributed by atoms with Crippen LogP contribution in [0.15, 0.2) is 71.4 Å². The van der Waals surface area contributed by atoms with Crippen molar-refractivity contribution in [2.45, 2.75) is 6.61 Å². The number of esters is 1. The van der Waals surface area contributed by atoms with Crippen molar-refractivity contribution >= 4 is 52.1 Å². The van der Waals surface area contributed by atoms with Crippen molar-refractivity contribution in [2.24, 2.45) is 4.99 Å². The quantitative estimate of drug-likeness (QED) is 0.209. The van der Waals surface area contributed by atoms with E-state index in [0.717, 1.165) is 3.57 Å². The Hall–Kier alpha value is -2.91. The number of benzene rings is 3. The number of nitrogens with zero attached hydrogens (tertiary/aromatic N) is 1. The first-order valence-corrected chi connectivity index (χ1v) is 10.9. The first kappa shape index (κ1) is 22.3. The minimum Gasteiger partial charge on any atom is -0.493 e. The number of halogens is 3.